The maximum absolute atomic E-state index is 13.6. The minimum absolute atomic E-state index is 0.149. The van der Waals surface area contributed by atoms with Gasteiger partial charge in [0.05, 0.1) is 11.6 Å². The smallest absolute Gasteiger partial charge is 0.229 e. The minimum Gasteiger partial charge on any atom is -0.325 e. The van der Waals surface area contributed by atoms with Crippen molar-refractivity contribution in [3.05, 3.63) is 29.0 Å². The minimum atomic E-state index is -0.532. The van der Waals surface area contributed by atoms with Crippen LogP contribution in [0.5, 0.6) is 0 Å². The summed E-state index contributed by atoms with van der Waals surface area (Å²) in [6.45, 7) is 1.88. The van der Waals surface area contributed by atoms with Gasteiger partial charge in [0, 0.05) is 10.6 Å². The number of amides is 1. The fourth-order valence-electron chi connectivity index (χ4n) is 2.60. The van der Waals surface area contributed by atoms with Crippen LogP contribution in [0.2, 0.25) is 5.02 Å². The van der Waals surface area contributed by atoms with E-state index in [0.717, 1.165) is 25.7 Å². The van der Waals surface area contributed by atoms with Crippen molar-refractivity contribution in [1.29, 1.82) is 0 Å². The van der Waals surface area contributed by atoms with Crippen molar-refractivity contribution in [1.82, 2.24) is 0 Å². The third kappa shape index (κ3) is 3.25. The summed E-state index contributed by atoms with van der Waals surface area (Å²) < 4.78 is 13.6. The highest BCUT2D eigenvalue weighted by Gasteiger charge is 2.37. The van der Waals surface area contributed by atoms with Crippen molar-refractivity contribution in [3.63, 3.8) is 0 Å². The van der Waals surface area contributed by atoms with E-state index in [1.165, 1.54) is 12.1 Å². The monoisotopic (exact) mass is 284 g/mol. The maximum Gasteiger partial charge on any atom is 0.229 e. The number of nitrogens with one attached hydrogen (secondary N) is 1. The van der Waals surface area contributed by atoms with E-state index in [1.54, 1.807) is 6.07 Å². The van der Waals surface area contributed by atoms with E-state index >= 15 is 0 Å². The Labute approximate surface area is 117 Å². The first kappa shape index (κ1) is 14.3. The van der Waals surface area contributed by atoms with Crippen molar-refractivity contribution < 1.29 is 9.18 Å². The number of halogens is 2. The van der Waals surface area contributed by atoms with Crippen LogP contribution in [0.4, 0.5) is 10.1 Å². The molecule has 19 heavy (non-hydrogen) atoms. The van der Waals surface area contributed by atoms with E-state index in [2.05, 4.69) is 5.32 Å². The first-order chi connectivity index (χ1) is 8.90. The second kappa shape index (κ2) is 5.47. The number of anilines is 1. The molecule has 0 aliphatic heterocycles. The van der Waals surface area contributed by atoms with Gasteiger partial charge in [0.15, 0.2) is 0 Å². The summed E-state index contributed by atoms with van der Waals surface area (Å²) in [5, 5.41) is 2.91. The molecule has 1 aliphatic carbocycles. The Morgan fingerprint density at radius 3 is 2.89 bits per heavy atom. The molecule has 3 N–H and O–H groups in total. The predicted molar refractivity (Wildman–Crippen MR) is 74.6 cm³/mol. The van der Waals surface area contributed by atoms with E-state index < -0.39 is 11.4 Å². The van der Waals surface area contributed by atoms with Gasteiger partial charge in [-0.15, -0.1) is 0 Å². The number of hydrogen-bond donors (Lipinski definition) is 2. The van der Waals surface area contributed by atoms with Crippen molar-refractivity contribution in [3.8, 4) is 0 Å². The lowest BCUT2D eigenvalue weighted by Crippen LogP contribution is -2.51. The number of carbonyl (C=O) groups is 1. The van der Waals surface area contributed by atoms with Crippen LogP contribution in [-0.4, -0.2) is 11.4 Å². The summed E-state index contributed by atoms with van der Waals surface area (Å²) >= 11 is 5.67. The van der Waals surface area contributed by atoms with Gasteiger partial charge in [-0.3, -0.25) is 4.79 Å². The van der Waals surface area contributed by atoms with Gasteiger partial charge < -0.3 is 11.1 Å². The molecule has 1 aromatic rings. The third-order valence-corrected chi connectivity index (χ3v) is 3.99. The topological polar surface area (TPSA) is 55.1 Å². The zero-order valence-electron chi connectivity index (χ0n) is 10.9. The van der Waals surface area contributed by atoms with Gasteiger partial charge in [0.25, 0.3) is 0 Å². The normalized spacial score (nSPS) is 27.1. The van der Waals surface area contributed by atoms with Crippen LogP contribution in [0.25, 0.3) is 0 Å². The molecule has 0 spiro atoms. The van der Waals surface area contributed by atoms with E-state index in [1.807, 2.05) is 6.92 Å². The standard InChI is InChI=1S/C14H18ClFN2O/c1-14(17)7-3-2-4-10(14)13(19)18-12-6-5-9(15)8-11(12)16/h5-6,8,10H,2-4,7,17H2,1H3,(H,18,19). The average Bonchev–Trinajstić information content (AvgIpc) is 2.32. The van der Waals surface area contributed by atoms with Crippen molar-refractivity contribution >= 4 is 23.2 Å². The van der Waals surface area contributed by atoms with Crippen LogP contribution in [0.3, 0.4) is 0 Å². The molecule has 0 saturated heterocycles. The zero-order valence-corrected chi connectivity index (χ0v) is 11.6. The molecule has 0 aromatic heterocycles. The Balaban J connectivity index is 2.12. The first-order valence-corrected chi connectivity index (χ1v) is 6.83. The van der Waals surface area contributed by atoms with E-state index in [9.17, 15) is 9.18 Å². The molecule has 2 atom stereocenters. The average molecular weight is 285 g/mol. The first-order valence-electron chi connectivity index (χ1n) is 6.45. The maximum atomic E-state index is 13.6. The highest BCUT2D eigenvalue weighted by Crippen LogP contribution is 2.32. The molecule has 2 unspecified atom stereocenters. The van der Waals surface area contributed by atoms with Crippen LogP contribution in [0.15, 0.2) is 18.2 Å². The fourth-order valence-corrected chi connectivity index (χ4v) is 2.76. The summed E-state index contributed by atoms with van der Waals surface area (Å²) in [6.07, 6.45) is 3.57. The molecule has 1 saturated carbocycles. The van der Waals surface area contributed by atoms with Crippen LogP contribution in [-0.2, 0) is 4.79 Å². The summed E-state index contributed by atoms with van der Waals surface area (Å²) in [4.78, 5) is 12.2. The van der Waals surface area contributed by atoms with Gasteiger partial charge in [-0.25, -0.2) is 4.39 Å². The molecular weight excluding hydrogens is 267 g/mol. The molecule has 104 valence electrons. The molecule has 0 bridgehead atoms. The lowest BCUT2D eigenvalue weighted by Gasteiger charge is -2.37. The largest absolute Gasteiger partial charge is 0.325 e. The van der Waals surface area contributed by atoms with Gasteiger partial charge >= 0.3 is 0 Å². The van der Waals surface area contributed by atoms with Gasteiger partial charge in [-0.05, 0) is 38.0 Å². The molecule has 1 aromatic carbocycles. The number of hydrogen-bond acceptors (Lipinski definition) is 2. The summed E-state index contributed by atoms with van der Waals surface area (Å²) in [7, 11) is 0. The molecule has 1 fully saturated rings. The lowest BCUT2D eigenvalue weighted by molar-refractivity contribution is -0.122. The molecular formula is C14H18ClFN2O. The van der Waals surface area contributed by atoms with Gasteiger partial charge in [-0.2, -0.15) is 0 Å². The van der Waals surface area contributed by atoms with Crippen LogP contribution in [0, 0.1) is 11.7 Å². The van der Waals surface area contributed by atoms with Crippen molar-refractivity contribution in [2.45, 2.75) is 38.1 Å². The molecule has 0 heterocycles. The van der Waals surface area contributed by atoms with E-state index in [0.29, 0.717) is 5.02 Å². The lowest BCUT2D eigenvalue weighted by atomic mass is 9.74. The van der Waals surface area contributed by atoms with Gasteiger partial charge in [0.2, 0.25) is 5.91 Å². The van der Waals surface area contributed by atoms with Gasteiger partial charge in [0.1, 0.15) is 5.82 Å². The molecule has 3 nitrogen and oxygen atoms in total. The fraction of sp³-hybridized carbons (Fsp3) is 0.500. The molecule has 1 amide bonds. The predicted octanol–water partition coefficient (Wildman–Crippen LogP) is 3.33. The van der Waals surface area contributed by atoms with Crippen LogP contribution >= 0.6 is 11.6 Å². The highest BCUT2D eigenvalue weighted by molar-refractivity contribution is 6.30. The number of benzene rings is 1. The zero-order chi connectivity index (χ0) is 14.0. The molecule has 5 heteroatoms. The van der Waals surface area contributed by atoms with Crippen molar-refractivity contribution in [2.75, 3.05) is 5.32 Å². The van der Waals surface area contributed by atoms with Crippen LogP contribution in [0.1, 0.15) is 32.6 Å². The highest BCUT2D eigenvalue weighted by atomic mass is 35.5. The number of rotatable bonds is 2. The Morgan fingerprint density at radius 1 is 1.53 bits per heavy atom. The Hall–Kier alpha value is -1.13. The molecule has 2 rings (SSSR count). The third-order valence-electron chi connectivity index (χ3n) is 3.76. The molecule has 1 aliphatic rings. The molecule has 0 radical (unpaired) electrons. The Kier molecular flexibility index (Phi) is 4.11. The Bertz CT molecular complexity index is 490. The van der Waals surface area contributed by atoms with E-state index in [-0.39, 0.29) is 17.5 Å². The number of carbonyl (C=O) groups excluding carboxylic acids is 1. The summed E-state index contributed by atoms with van der Waals surface area (Å²) in [6, 6.07) is 4.19. The SMILES string of the molecule is CC1(N)CCCCC1C(=O)Nc1ccc(Cl)cc1F. The van der Waals surface area contributed by atoms with E-state index in [4.69, 9.17) is 17.3 Å². The Morgan fingerprint density at radius 2 is 2.26 bits per heavy atom. The quantitative estimate of drug-likeness (QED) is 0.875. The van der Waals surface area contributed by atoms with Crippen molar-refractivity contribution in [2.24, 2.45) is 11.7 Å². The second-order valence-electron chi connectivity index (χ2n) is 5.42. The van der Waals surface area contributed by atoms with Crippen LogP contribution < -0.4 is 11.1 Å². The summed E-state index contributed by atoms with van der Waals surface area (Å²) in [5.41, 5.74) is 5.79. The second-order valence-corrected chi connectivity index (χ2v) is 5.85. The van der Waals surface area contributed by atoms with Gasteiger partial charge in [-0.1, -0.05) is 24.4 Å². The summed E-state index contributed by atoms with van der Waals surface area (Å²) in [5.74, 6) is -1.03. The number of nitrogens with two attached hydrogens (primary N) is 1.